The van der Waals surface area contributed by atoms with Gasteiger partial charge in [0.2, 0.25) is 10.0 Å². The Morgan fingerprint density at radius 1 is 1.25 bits per heavy atom. The SMILES string of the molecule is CN(Cc1ccc(Br)s1)S(=O)(=O)c1ccc(C#N)cc1. The Morgan fingerprint density at radius 2 is 1.90 bits per heavy atom. The topological polar surface area (TPSA) is 61.2 Å². The summed E-state index contributed by atoms with van der Waals surface area (Å²) >= 11 is 4.85. The van der Waals surface area contributed by atoms with E-state index in [1.54, 1.807) is 7.05 Å². The normalized spacial score (nSPS) is 11.5. The lowest BCUT2D eigenvalue weighted by Crippen LogP contribution is -2.26. The summed E-state index contributed by atoms with van der Waals surface area (Å²) in [5.74, 6) is 0. The molecule has 1 aromatic heterocycles. The van der Waals surface area contributed by atoms with Gasteiger partial charge in [-0.05, 0) is 52.3 Å². The molecule has 0 saturated carbocycles. The Bertz CT molecular complexity index is 745. The summed E-state index contributed by atoms with van der Waals surface area (Å²) in [5, 5.41) is 8.72. The average Bonchev–Trinajstić information content (AvgIpc) is 2.84. The zero-order valence-electron chi connectivity index (χ0n) is 10.6. The molecular formula is C13H11BrN2O2S2. The number of sulfonamides is 1. The van der Waals surface area contributed by atoms with Crippen molar-refractivity contribution >= 4 is 37.3 Å². The summed E-state index contributed by atoms with van der Waals surface area (Å²) in [5.41, 5.74) is 0.439. The van der Waals surface area contributed by atoms with Crippen LogP contribution in [0.15, 0.2) is 45.1 Å². The van der Waals surface area contributed by atoms with E-state index in [0.29, 0.717) is 12.1 Å². The van der Waals surface area contributed by atoms with Crippen molar-refractivity contribution in [1.29, 1.82) is 5.26 Å². The van der Waals surface area contributed by atoms with Gasteiger partial charge in [-0.2, -0.15) is 9.57 Å². The number of hydrogen-bond donors (Lipinski definition) is 0. The largest absolute Gasteiger partial charge is 0.243 e. The van der Waals surface area contributed by atoms with E-state index in [-0.39, 0.29) is 4.90 Å². The molecule has 0 atom stereocenters. The van der Waals surface area contributed by atoms with Crippen LogP contribution < -0.4 is 0 Å². The Morgan fingerprint density at radius 3 is 2.40 bits per heavy atom. The van der Waals surface area contributed by atoms with E-state index in [1.165, 1.54) is 39.9 Å². The van der Waals surface area contributed by atoms with Crippen LogP contribution in [0.25, 0.3) is 0 Å². The molecule has 0 spiro atoms. The van der Waals surface area contributed by atoms with Gasteiger partial charge in [0.25, 0.3) is 0 Å². The Hall–Kier alpha value is -1.20. The minimum atomic E-state index is -3.54. The number of halogens is 1. The van der Waals surface area contributed by atoms with Crippen LogP contribution >= 0.6 is 27.3 Å². The van der Waals surface area contributed by atoms with Gasteiger partial charge >= 0.3 is 0 Å². The van der Waals surface area contributed by atoms with Crippen molar-refractivity contribution in [2.45, 2.75) is 11.4 Å². The van der Waals surface area contributed by atoms with Gasteiger partial charge in [0.1, 0.15) is 0 Å². The summed E-state index contributed by atoms with van der Waals surface area (Å²) < 4.78 is 27.0. The van der Waals surface area contributed by atoms with E-state index < -0.39 is 10.0 Å². The van der Waals surface area contributed by atoms with Gasteiger partial charge in [0, 0.05) is 18.5 Å². The number of nitriles is 1. The van der Waals surface area contributed by atoms with Crippen molar-refractivity contribution in [3.8, 4) is 6.07 Å². The molecule has 0 radical (unpaired) electrons. The van der Waals surface area contributed by atoms with Crippen molar-refractivity contribution < 1.29 is 8.42 Å². The molecule has 104 valence electrons. The number of benzene rings is 1. The predicted octanol–water partition coefficient (Wildman–Crippen LogP) is 3.20. The molecule has 0 fully saturated rings. The van der Waals surface area contributed by atoms with Crippen LogP contribution in [0, 0.1) is 11.3 Å². The van der Waals surface area contributed by atoms with Crippen molar-refractivity contribution in [2.24, 2.45) is 0 Å². The minimum Gasteiger partial charge on any atom is -0.207 e. The van der Waals surface area contributed by atoms with Crippen LogP contribution in [0.2, 0.25) is 0 Å². The summed E-state index contributed by atoms with van der Waals surface area (Å²) in [6.07, 6.45) is 0. The first kappa shape index (κ1) is 15.2. The molecule has 4 nitrogen and oxygen atoms in total. The maximum absolute atomic E-state index is 12.4. The van der Waals surface area contributed by atoms with Gasteiger partial charge in [-0.3, -0.25) is 0 Å². The molecule has 0 bridgehead atoms. The van der Waals surface area contributed by atoms with E-state index in [1.807, 2.05) is 18.2 Å². The van der Waals surface area contributed by atoms with E-state index in [0.717, 1.165) is 8.66 Å². The van der Waals surface area contributed by atoms with Crippen LogP contribution in [0.3, 0.4) is 0 Å². The molecule has 20 heavy (non-hydrogen) atoms. The molecule has 0 aliphatic carbocycles. The molecule has 0 aliphatic rings. The Balaban J connectivity index is 2.22. The van der Waals surface area contributed by atoms with Gasteiger partial charge in [0.15, 0.2) is 0 Å². The average molecular weight is 371 g/mol. The third kappa shape index (κ3) is 3.27. The molecular weight excluding hydrogens is 360 g/mol. The summed E-state index contributed by atoms with van der Waals surface area (Å²) in [7, 11) is -1.99. The fourth-order valence-electron chi connectivity index (χ4n) is 1.62. The molecule has 0 aliphatic heterocycles. The predicted molar refractivity (Wildman–Crippen MR) is 81.8 cm³/mol. The summed E-state index contributed by atoms with van der Waals surface area (Å²) in [6, 6.07) is 11.7. The van der Waals surface area contributed by atoms with Gasteiger partial charge in [-0.1, -0.05) is 0 Å². The van der Waals surface area contributed by atoms with E-state index in [2.05, 4.69) is 15.9 Å². The fraction of sp³-hybridized carbons (Fsp3) is 0.154. The van der Waals surface area contributed by atoms with Crippen molar-refractivity contribution in [3.05, 3.63) is 50.6 Å². The van der Waals surface area contributed by atoms with Crippen LogP contribution in [0.1, 0.15) is 10.4 Å². The van der Waals surface area contributed by atoms with Gasteiger partial charge in [0.05, 0.1) is 20.3 Å². The molecule has 0 amide bonds. The third-order valence-corrected chi connectivity index (χ3v) is 6.12. The lowest BCUT2D eigenvalue weighted by molar-refractivity contribution is 0.469. The van der Waals surface area contributed by atoms with Crippen LogP contribution in [0.4, 0.5) is 0 Å². The molecule has 1 heterocycles. The van der Waals surface area contributed by atoms with E-state index in [9.17, 15) is 8.42 Å². The molecule has 2 aromatic rings. The lowest BCUT2D eigenvalue weighted by Gasteiger charge is -2.16. The number of rotatable bonds is 4. The summed E-state index contributed by atoms with van der Waals surface area (Å²) in [6.45, 7) is 0.318. The smallest absolute Gasteiger partial charge is 0.207 e. The van der Waals surface area contributed by atoms with Crippen LogP contribution in [0.5, 0.6) is 0 Å². The highest BCUT2D eigenvalue weighted by Gasteiger charge is 2.21. The zero-order valence-corrected chi connectivity index (χ0v) is 13.8. The lowest BCUT2D eigenvalue weighted by atomic mass is 10.2. The first-order valence-corrected chi connectivity index (χ1v) is 8.69. The maximum atomic E-state index is 12.4. The monoisotopic (exact) mass is 370 g/mol. The molecule has 1 aromatic carbocycles. The second-order valence-electron chi connectivity index (χ2n) is 4.10. The molecule has 0 unspecified atom stereocenters. The Labute approximate surface area is 130 Å². The highest BCUT2D eigenvalue weighted by atomic mass is 79.9. The van der Waals surface area contributed by atoms with Crippen molar-refractivity contribution in [2.75, 3.05) is 7.05 Å². The number of thiophene rings is 1. The molecule has 7 heteroatoms. The fourth-order valence-corrected chi connectivity index (χ4v) is 4.39. The quantitative estimate of drug-likeness (QED) is 0.829. The second-order valence-corrected chi connectivity index (χ2v) is 8.70. The first-order valence-electron chi connectivity index (χ1n) is 5.64. The van der Waals surface area contributed by atoms with Gasteiger partial charge in [-0.15, -0.1) is 11.3 Å². The highest BCUT2D eigenvalue weighted by Crippen LogP contribution is 2.25. The highest BCUT2D eigenvalue weighted by molar-refractivity contribution is 9.11. The number of nitrogens with zero attached hydrogens (tertiary/aromatic N) is 2. The zero-order chi connectivity index (χ0) is 14.8. The first-order chi connectivity index (χ1) is 9.43. The molecule has 2 rings (SSSR count). The van der Waals surface area contributed by atoms with Gasteiger partial charge in [-0.25, -0.2) is 8.42 Å². The molecule has 0 N–H and O–H groups in total. The maximum Gasteiger partial charge on any atom is 0.243 e. The minimum absolute atomic E-state index is 0.189. The third-order valence-electron chi connectivity index (χ3n) is 2.70. The van der Waals surface area contributed by atoms with Crippen LogP contribution in [-0.2, 0) is 16.6 Å². The van der Waals surface area contributed by atoms with Crippen molar-refractivity contribution in [1.82, 2.24) is 4.31 Å². The van der Waals surface area contributed by atoms with Gasteiger partial charge < -0.3 is 0 Å². The molecule has 0 saturated heterocycles. The second kappa shape index (κ2) is 6.06. The van der Waals surface area contributed by atoms with Crippen LogP contribution in [-0.4, -0.2) is 19.8 Å². The van der Waals surface area contributed by atoms with Crippen molar-refractivity contribution in [3.63, 3.8) is 0 Å². The number of hydrogen-bond acceptors (Lipinski definition) is 4. The van der Waals surface area contributed by atoms with E-state index in [4.69, 9.17) is 5.26 Å². The summed E-state index contributed by atoms with van der Waals surface area (Å²) in [4.78, 5) is 1.14. The van der Waals surface area contributed by atoms with E-state index >= 15 is 0 Å². The standard InChI is InChI=1S/C13H11BrN2O2S2/c1-16(9-11-4-7-13(14)19-11)20(17,18)12-5-2-10(8-15)3-6-12/h2-7H,9H2,1H3. The Kier molecular flexibility index (Phi) is 4.60.